The van der Waals surface area contributed by atoms with E-state index in [0.717, 1.165) is 4.68 Å². The van der Waals surface area contributed by atoms with Crippen molar-refractivity contribution < 1.29 is 19.5 Å². The number of aliphatic carboxylic acids is 1. The van der Waals surface area contributed by atoms with Crippen LogP contribution in [0.15, 0.2) is 60.8 Å². The lowest BCUT2D eigenvalue weighted by Crippen LogP contribution is -2.24. The Kier molecular flexibility index (Phi) is 5.56. The van der Waals surface area contributed by atoms with Gasteiger partial charge >= 0.3 is 5.97 Å². The van der Waals surface area contributed by atoms with E-state index in [4.69, 9.17) is 11.6 Å². The molecular formula is C20H16ClN3O4. The Hall–Kier alpha value is -3.45. The van der Waals surface area contributed by atoms with Gasteiger partial charge in [0.1, 0.15) is 11.7 Å². The second kappa shape index (κ2) is 8.06. The molecule has 7 nitrogen and oxygen atoms in total. The summed E-state index contributed by atoms with van der Waals surface area (Å²) in [6.45, 7) is 1.42. The summed E-state index contributed by atoms with van der Waals surface area (Å²) in [4.78, 5) is 36.8. The van der Waals surface area contributed by atoms with E-state index in [1.807, 2.05) is 0 Å². The number of hydrogen-bond acceptors (Lipinski definition) is 4. The van der Waals surface area contributed by atoms with Crippen molar-refractivity contribution in [1.82, 2.24) is 9.78 Å². The molecule has 0 aliphatic rings. The van der Waals surface area contributed by atoms with E-state index >= 15 is 0 Å². The molecule has 1 atom stereocenters. The number of carboxylic acid groups (broad SMARTS) is 1. The summed E-state index contributed by atoms with van der Waals surface area (Å²) in [6.07, 6.45) is 1.34. The lowest BCUT2D eigenvalue weighted by molar-refractivity contribution is -0.140. The van der Waals surface area contributed by atoms with E-state index in [2.05, 4.69) is 10.4 Å². The molecular weight excluding hydrogens is 382 g/mol. The van der Waals surface area contributed by atoms with Gasteiger partial charge in [-0.1, -0.05) is 41.9 Å². The Morgan fingerprint density at radius 1 is 1.11 bits per heavy atom. The minimum absolute atomic E-state index is 0.0583. The molecule has 0 saturated heterocycles. The minimum Gasteiger partial charge on any atom is -0.480 e. The van der Waals surface area contributed by atoms with Gasteiger partial charge < -0.3 is 10.4 Å². The monoisotopic (exact) mass is 397 g/mol. The third-order valence-corrected chi connectivity index (χ3v) is 4.37. The SMILES string of the molecule is CC(C(=O)O)n1nccc1C(=O)Nc1ccc(Cl)cc1C(=O)c1ccccc1. The number of aromatic nitrogens is 2. The molecule has 0 aliphatic heterocycles. The van der Waals surface area contributed by atoms with Gasteiger partial charge in [-0.25, -0.2) is 9.48 Å². The van der Waals surface area contributed by atoms with Crippen molar-refractivity contribution >= 4 is 34.9 Å². The van der Waals surface area contributed by atoms with Crippen LogP contribution in [0.4, 0.5) is 5.69 Å². The maximum Gasteiger partial charge on any atom is 0.328 e. The van der Waals surface area contributed by atoms with Crippen molar-refractivity contribution in [3.63, 3.8) is 0 Å². The van der Waals surface area contributed by atoms with Crippen molar-refractivity contribution in [2.24, 2.45) is 0 Å². The van der Waals surface area contributed by atoms with Crippen molar-refractivity contribution in [1.29, 1.82) is 0 Å². The highest BCUT2D eigenvalue weighted by atomic mass is 35.5. The summed E-state index contributed by atoms with van der Waals surface area (Å²) in [5.41, 5.74) is 0.996. The van der Waals surface area contributed by atoms with Crippen molar-refractivity contribution in [3.8, 4) is 0 Å². The first-order chi connectivity index (χ1) is 13.4. The summed E-state index contributed by atoms with van der Waals surface area (Å²) in [6, 6.07) is 13.5. The molecule has 0 fully saturated rings. The Morgan fingerprint density at radius 2 is 1.82 bits per heavy atom. The van der Waals surface area contributed by atoms with E-state index in [1.165, 1.54) is 31.3 Å². The van der Waals surface area contributed by atoms with Gasteiger partial charge in [0, 0.05) is 22.3 Å². The van der Waals surface area contributed by atoms with E-state index < -0.39 is 17.9 Å². The molecule has 1 heterocycles. The standard InChI is InChI=1S/C20H16ClN3O4/c1-12(20(27)28)24-17(9-10-22-24)19(26)23-16-8-7-14(21)11-15(16)18(25)13-5-3-2-4-6-13/h2-12H,1H3,(H,23,26)(H,27,28). The highest BCUT2D eigenvalue weighted by Crippen LogP contribution is 2.24. The van der Waals surface area contributed by atoms with Crippen LogP contribution in [0.5, 0.6) is 0 Å². The Morgan fingerprint density at radius 3 is 2.50 bits per heavy atom. The molecule has 0 radical (unpaired) electrons. The highest BCUT2D eigenvalue weighted by Gasteiger charge is 2.22. The van der Waals surface area contributed by atoms with Crippen molar-refractivity contribution in [2.75, 3.05) is 5.32 Å². The molecule has 0 spiro atoms. The number of carbonyl (C=O) groups is 3. The molecule has 1 amide bonds. The lowest BCUT2D eigenvalue weighted by atomic mass is 10.0. The van der Waals surface area contributed by atoms with E-state index in [1.54, 1.807) is 36.4 Å². The average molecular weight is 398 g/mol. The summed E-state index contributed by atoms with van der Waals surface area (Å²) in [5, 5.41) is 16.1. The number of ketones is 1. The molecule has 0 bridgehead atoms. The van der Waals surface area contributed by atoms with Gasteiger partial charge in [-0.3, -0.25) is 9.59 Å². The van der Waals surface area contributed by atoms with Crippen molar-refractivity contribution in [2.45, 2.75) is 13.0 Å². The van der Waals surface area contributed by atoms with Crippen LogP contribution < -0.4 is 5.32 Å². The number of amides is 1. The zero-order valence-corrected chi connectivity index (χ0v) is 15.6. The maximum absolute atomic E-state index is 12.8. The zero-order chi connectivity index (χ0) is 20.3. The fourth-order valence-corrected chi connectivity index (χ4v) is 2.82. The molecule has 2 N–H and O–H groups in total. The molecule has 0 saturated carbocycles. The van der Waals surface area contributed by atoms with Crippen LogP contribution in [-0.4, -0.2) is 32.5 Å². The third kappa shape index (κ3) is 3.94. The minimum atomic E-state index is -1.12. The third-order valence-electron chi connectivity index (χ3n) is 4.14. The van der Waals surface area contributed by atoms with Crippen LogP contribution in [-0.2, 0) is 4.79 Å². The summed E-state index contributed by atoms with van der Waals surface area (Å²) in [5.74, 6) is -2.01. The van der Waals surface area contributed by atoms with Crippen LogP contribution in [0, 0.1) is 0 Å². The predicted octanol–water partition coefficient (Wildman–Crippen LogP) is 3.67. The Bertz CT molecular complexity index is 1050. The first kappa shape index (κ1) is 19.3. The summed E-state index contributed by atoms with van der Waals surface area (Å²) < 4.78 is 1.10. The number of carboxylic acids is 1. The number of benzene rings is 2. The smallest absolute Gasteiger partial charge is 0.328 e. The second-order valence-electron chi connectivity index (χ2n) is 6.01. The van der Waals surface area contributed by atoms with E-state index in [-0.39, 0.29) is 22.7 Å². The van der Waals surface area contributed by atoms with E-state index in [0.29, 0.717) is 10.6 Å². The van der Waals surface area contributed by atoms with Crippen LogP contribution in [0.2, 0.25) is 5.02 Å². The van der Waals surface area contributed by atoms with Crippen LogP contribution in [0.25, 0.3) is 0 Å². The van der Waals surface area contributed by atoms with Gasteiger partial charge in [0.05, 0.1) is 5.69 Å². The normalized spacial score (nSPS) is 11.6. The van der Waals surface area contributed by atoms with Gasteiger partial charge in [-0.05, 0) is 31.2 Å². The van der Waals surface area contributed by atoms with Crippen LogP contribution in [0.3, 0.4) is 0 Å². The average Bonchev–Trinajstić information content (AvgIpc) is 3.18. The second-order valence-corrected chi connectivity index (χ2v) is 6.45. The molecule has 8 heteroatoms. The molecule has 2 aromatic carbocycles. The fourth-order valence-electron chi connectivity index (χ4n) is 2.65. The van der Waals surface area contributed by atoms with Gasteiger partial charge in [0.15, 0.2) is 5.78 Å². The van der Waals surface area contributed by atoms with E-state index in [9.17, 15) is 19.5 Å². The number of nitrogens with zero attached hydrogens (tertiary/aromatic N) is 2. The predicted molar refractivity (Wildman–Crippen MR) is 104 cm³/mol. The topological polar surface area (TPSA) is 101 Å². The maximum atomic E-state index is 12.8. The number of rotatable bonds is 6. The molecule has 28 heavy (non-hydrogen) atoms. The number of hydrogen-bond donors (Lipinski definition) is 2. The quantitative estimate of drug-likeness (QED) is 0.618. The number of carbonyl (C=O) groups excluding carboxylic acids is 2. The van der Waals surface area contributed by atoms with Crippen LogP contribution in [0.1, 0.15) is 39.4 Å². The number of anilines is 1. The van der Waals surface area contributed by atoms with Crippen molar-refractivity contribution in [3.05, 3.63) is 82.6 Å². The number of nitrogens with one attached hydrogen (secondary N) is 1. The largest absolute Gasteiger partial charge is 0.480 e. The first-order valence-corrected chi connectivity index (χ1v) is 8.73. The highest BCUT2D eigenvalue weighted by molar-refractivity contribution is 6.31. The lowest BCUT2D eigenvalue weighted by Gasteiger charge is -2.14. The van der Waals surface area contributed by atoms with Gasteiger partial charge in [0.25, 0.3) is 5.91 Å². The zero-order valence-electron chi connectivity index (χ0n) is 14.8. The number of halogens is 1. The summed E-state index contributed by atoms with van der Waals surface area (Å²) in [7, 11) is 0. The van der Waals surface area contributed by atoms with Gasteiger partial charge in [-0.15, -0.1) is 0 Å². The molecule has 3 aromatic rings. The Balaban J connectivity index is 1.94. The molecule has 142 valence electrons. The molecule has 1 unspecified atom stereocenters. The van der Waals surface area contributed by atoms with Gasteiger partial charge in [-0.2, -0.15) is 5.10 Å². The fraction of sp³-hybridized carbons (Fsp3) is 0.100. The Labute approximate surface area is 165 Å². The molecule has 3 rings (SSSR count). The molecule has 0 aliphatic carbocycles. The van der Waals surface area contributed by atoms with Crippen LogP contribution >= 0.6 is 11.6 Å². The molecule has 1 aromatic heterocycles. The first-order valence-electron chi connectivity index (χ1n) is 8.35. The summed E-state index contributed by atoms with van der Waals surface area (Å²) >= 11 is 6.04. The van der Waals surface area contributed by atoms with Gasteiger partial charge in [0.2, 0.25) is 0 Å².